The number of carbonyl (C=O) groups excluding carboxylic acids is 2. The maximum Gasteiger partial charge on any atom is 0.256 e. The van der Waals surface area contributed by atoms with Crippen molar-refractivity contribution >= 4 is 11.7 Å². The van der Waals surface area contributed by atoms with Crippen LogP contribution in [0.25, 0.3) is 0 Å². The molecule has 1 saturated heterocycles. The molecule has 2 rings (SSSR count). The number of halogens is 2. The Morgan fingerprint density at radius 2 is 2.00 bits per heavy atom. The summed E-state index contributed by atoms with van der Waals surface area (Å²) < 4.78 is 26.7. The van der Waals surface area contributed by atoms with Gasteiger partial charge in [0.05, 0.1) is 5.56 Å². The van der Waals surface area contributed by atoms with E-state index in [0.717, 1.165) is 18.2 Å². The molecular weight excluding hydrogens is 252 g/mol. The van der Waals surface area contributed by atoms with Crippen LogP contribution < -0.4 is 0 Å². The molecule has 0 atom stereocenters. The van der Waals surface area contributed by atoms with Crippen LogP contribution in [0.3, 0.4) is 0 Å². The minimum atomic E-state index is -0.749. The van der Waals surface area contributed by atoms with Gasteiger partial charge in [-0.05, 0) is 18.2 Å². The van der Waals surface area contributed by atoms with Crippen LogP contribution in [-0.2, 0) is 4.79 Å². The van der Waals surface area contributed by atoms with E-state index in [1.54, 1.807) is 13.8 Å². The van der Waals surface area contributed by atoms with Gasteiger partial charge < -0.3 is 4.90 Å². The van der Waals surface area contributed by atoms with E-state index in [9.17, 15) is 18.4 Å². The fourth-order valence-electron chi connectivity index (χ4n) is 2.22. The molecule has 0 aromatic heterocycles. The summed E-state index contributed by atoms with van der Waals surface area (Å²) in [6, 6.07) is 2.79. The van der Waals surface area contributed by atoms with Gasteiger partial charge in [-0.25, -0.2) is 8.78 Å². The van der Waals surface area contributed by atoms with Crippen LogP contribution >= 0.6 is 0 Å². The van der Waals surface area contributed by atoms with Gasteiger partial charge in [-0.15, -0.1) is 0 Å². The first-order valence-corrected chi connectivity index (χ1v) is 6.09. The maximum absolute atomic E-state index is 13.6. The average molecular weight is 267 g/mol. The van der Waals surface area contributed by atoms with Gasteiger partial charge >= 0.3 is 0 Å². The van der Waals surface area contributed by atoms with Crippen LogP contribution in [0, 0.1) is 17.0 Å². The van der Waals surface area contributed by atoms with Gasteiger partial charge in [0.15, 0.2) is 0 Å². The molecule has 19 heavy (non-hydrogen) atoms. The third-order valence-electron chi connectivity index (χ3n) is 3.40. The summed E-state index contributed by atoms with van der Waals surface area (Å²) in [4.78, 5) is 25.2. The molecule has 0 aliphatic carbocycles. The van der Waals surface area contributed by atoms with Crippen LogP contribution in [0.15, 0.2) is 18.2 Å². The minimum absolute atomic E-state index is 0.0799. The lowest BCUT2D eigenvalue weighted by Crippen LogP contribution is -2.48. The van der Waals surface area contributed by atoms with E-state index in [4.69, 9.17) is 0 Å². The maximum atomic E-state index is 13.6. The molecule has 1 fully saturated rings. The third-order valence-corrected chi connectivity index (χ3v) is 3.40. The van der Waals surface area contributed by atoms with E-state index in [2.05, 4.69) is 0 Å². The van der Waals surface area contributed by atoms with Crippen molar-refractivity contribution in [2.45, 2.75) is 20.3 Å². The first kappa shape index (κ1) is 13.6. The summed E-state index contributed by atoms with van der Waals surface area (Å²) in [5, 5.41) is 0. The third kappa shape index (κ3) is 2.64. The van der Waals surface area contributed by atoms with Gasteiger partial charge in [-0.1, -0.05) is 13.8 Å². The molecule has 0 spiro atoms. The van der Waals surface area contributed by atoms with Crippen LogP contribution in [0.5, 0.6) is 0 Å². The van der Waals surface area contributed by atoms with Crippen LogP contribution in [0.4, 0.5) is 8.78 Å². The molecule has 0 N–H and O–H groups in total. The Bertz CT molecular complexity index is 540. The first-order valence-electron chi connectivity index (χ1n) is 6.09. The Hall–Kier alpha value is -1.78. The van der Waals surface area contributed by atoms with Crippen LogP contribution in [0.2, 0.25) is 0 Å². The number of Topliss-reactive ketones (excluding diaryl/α,β-unsaturated/α-hetero) is 1. The molecule has 0 unspecified atom stereocenters. The molecule has 1 amide bonds. The van der Waals surface area contributed by atoms with Crippen molar-refractivity contribution < 1.29 is 18.4 Å². The van der Waals surface area contributed by atoms with E-state index in [0.29, 0.717) is 0 Å². The molecule has 102 valence electrons. The van der Waals surface area contributed by atoms with Crippen molar-refractivity contribution in [1.82, 2.24) is 4.90 Å². The molecular formula is C14H15F2NO2. The van der Waals surface area contributed by atoms with Crippen LogP contribution in [0.1, 0.15) is 30.6 Å². The minimum Gasteiger partial charge on any atom is -0.337 e. The number of hydrogen-bond donors (Lipinski definition) is 0. The Morgan fingerprint density at radius 1 is 1.32 bits per heavy atom. The molecule has 1 aliphatic heterocycles. The van der Waals surface area contributed by atoms with Crippen molar-refractivity contribution in [3.8, 4) is 0 Å². The number of ketones is 1. The summed E-state index contributed by atoms with van der Waals surface area (Å²) in [6.45, 7) is 3.96. The average Bonchev–Trinajstić information content (AvgIpc) is 2.35. The Labute approximate surface area is 110 Å². The summed E-state index contributed by atoms with van der Waals surface area (Å²) >= 11 is 0. The predicted octanol–water partition coefficient (Wildman–Crippen LogP) is 2.41. The molecule has 0 radical (unpaired) electrons. The van der Waals surface area contributed by atoms with E-state index in [1.807, 2.05) is 0 Å². The number of nitrogens with zero attached hydrogens (tertiary/aromatic N) is 1. The Kier molecular flexibility index (Phi) is 3.39. The van der Waals surface area contributed by atoms with Crippen molar-refractivity contribution in [3.63, 3.8) is 0 Å². The number of amides is 1. The molecule has 1 aromatic rings. The topological polar surface area (TPSA) is 37.4 Å². The predicted molar refractivity (Wildman–Crippen MR) is 65.7 cm³/mol. The second-order valence-electron chi connectivity index (χ2n) is 5.41. The van der Waals surface area contributed by atoms with Gasteiger partial charge in [0.2, 0.25) is 0 Å². The molecule has 0 saturated carbocycles. The molecule has 1 aromatic carbocycles. The number of likely N-dealkylation sites (tertiary alicyclic amines) is 1. The van der Waals surface area contributed by atoms with E-state index < -0.39 is 23.0 Å². The zero-order chi connectivity index (χ0) is 14.2. The van der Waals surface area contributed by atoms with Crippen molar-refractivity contribution in [1.29, 1.82) is 0 Å². The lowest BCUT2D eigenvalue weighted by molar-refractivity contribution is -0.130. The van der Waals surface area contributed by atoms with Crippen LogP contribution in [-0.4, -0.2) is 29.7 Å². The number of piperidine rings is 1. The summed E-state index contributed by atoms with van der Waals surface area (Å²) in [5.41, 5.74) is -0.928. The Balaban J connectivity index is 2.25. The quantitative estimate of drug-likeness (QED) is 0.783. The highest BCUT2D eigenvalue weighted by atomic mass is 19.1. The molecule has 1 heterocycles. The van der Waals surface area contributed by atoms with Gasteiger partial charge in [0.25, 0.3) is 5.91 Å². The largest absolute Gasteiger partial charge is 0.337 e. The second-order valence-corrected chi connectivity index (χ2v) is 5.41. The van der Waals surface area contributed by atoms with Gasteiger partial charge in [0, 0.05) is 24.9 Å². The van der Waals surface area contributed by atoms with Gasteiger partial charge in [-0.2, -0.15) is 0 Å². The standard InChI is InChI=1S/C14H15F2NO2/c1-14(2)8-17(6-5-12(14)18)13(19)10-7-9(15)3-4-11(10)16/h3-4,7H,5-6,8H2,1-2H3. The second kappa shape index (κ2) is 4.72. The van der Waals surface area contributed by atoms with Crippen molar-refractivity contribution in [2.75, 3.05) is 13.1 Å². The van der Waals surface area contributed by atoms with E-state index in [1.165, 1.54) is 4.90 Å². The summed E-state index contributed by atoms with van der Waals surface area (Å²) in [5.74, 6) is -1.90. The summed E-state index contributed by atoms with van der Waals surface area (Å²) in [7, 11) is 0. The fourth-order valence-corrected chi connectivity index (χ4v) is 2.22. The summed E-state index contributed by atoms with van der Waals surface area (Å²) in [6.07, 6.45) is 0.246. The highest BCUT2D eigenvalue weighted by Crippen LogP contribution is 2.26. The number of benzene rings is 1. The first-order chi connectivity index (χ1) is 8.81. The van der Waals surface area contributed by atoms with Crippen molar-refractivity contribution in [3.05, 3.63) is 35.4 Å². The monoisotopic (exact) mass is 267 g/mol. The number of hydrogen-bond acceptors (Lipinski definition) is 2. The Morgan fingerprint density at radius 3 is 2.63 bits per heavy atom. The van der Waals surface area contributed by atoms with E-state index >= 15 is 0 Å². The SMILES string of the molecule is CC1(C)CN(C(=O)c2cc(F)ccc2F)CCC1=O. The number of carbonyl (C=O) groups is 2. The fraction of sp³-hybridized carbons (Fsp3) is 0.429. The normalized spacial score (nSPS) is 18.5. The highest BCUT2D eigenvalue weighted by Gasteiger charge is 2.36. The van der Waals surface area contributed by atoms with E-state index in [-0.39, 0.29) is 30.9 Å². The lowest BCUT2D eigenvalue weighted by Gasteiger charge is -2.36. The zero-order valence-electron chi connectivity index (χ0n) is 10.9. The molecule has 5 heteroatoms. The lowest BCUT2D eigenvalue weighted by atomic mass is 9.82. The smallest absolute Gasteiger partial charge is 0.256 e. The van der Waals surface area contributed by atoms with Gasteiger partial charge in [-0.3, -0.25) is 9.59 Å². The highest BCUT2D eigenvalue weighted by molar-refractivity contribution is 5.96. The van der Waals surface area contributed by atoms with Crippen molar-refractivity contribution in [2.24, 2.45) is 5.41 Å². The molecule has 3 nitrogen and oxygen atoms in total. The molecule has 1 aliphatic rings. The number of rotatable bonds is 1. The molecule has 0 bridgehead atoms. The van der Waals surface area contributed by atoms with Gasteiger partial charge in [0.1, 0.15) is 17.4 Å². The zero-order valence-corrected chi connectivity index (χ0v) is 10.9.